The normalized spacial score (nSPS) is 16.9. The van der Waals surface area contributed by atoms with Crippen LogP contribution in [0.3, 0.4) is 0 Å². The molecule has 2 aromatic rings. The minimum Gasteiger partial charge on any atom is -0.493 e. The summed E-state index contributed by atoms with van der Waals surface area (Å²) >= 11 is 0. The molecule has 0 unspecified atom stereocenters. The highest BCUT2D eigenvalue weighted by molar-refractivity contribution is 5.98. The van der Waals surface area contributed by atoms with E-state index in [4.69, 9.17) is 9.47 Å². The Kier molecular flexibility index (Phi) is 3.29. The summed E-state index contributed by atoms with van der Waals surface area (Å²) in [5.41, 5.74) is 1.37. The predicted octanol–water partition coefficient (Wildman–Crippen LogP) is 2.91. The highest BCUT2D eigenvalue weighted by Crippen LogP contribution is 2.32. The Bertz CT molecular complexity index is 639. The summed E-state index contributed by atoms with van der Waals surface area (Å²) < 4.78 is 11.4. The van der Waals surface area contributed by atoms with Gasteiger partial charge in [-0.3, -0.25) is 4.79 Å². The van der Waals surface area contributed by atoms with Crippen LogP contribution in [0.15, 0.2) is 48.5 Å². The summed E-state index contributed by atoms with van der Waals surface area (Å²) in [7, 11) is 0. The molecule has 1 aliphatic heterocycles. The Morgan fingerprint density at radius 2 is 1.90 bits per heavy atom. The molecule has 0 bridgehead atoms. The minimum atomic E-state index is -0.528. The predicted molar refractivity (Wildman–Crippen MR) is 74.9 cm³/mol. The first-order chi connectivity index (χ1) is 9.79. The molecule has 102 valence electrons. The lowest BCUT2D eigenvalue weighted by atomic mass is 10.1. The molecule has 0 saturated heterocycles. The number of carbonyl (C=O) groups is 1. The van der Waals surface area contributed by atoms with Crippen molar-refractivity contribution >= 4 is 5.91 Å². The molecule has 20 heavy (non-hydrogen) atoms. The molecule has 2 aromatic carbocycles. The molecule has 0 fully saturated rings. The van der Waals surface area contributed by atoms with Gasteiger partial charge >= 0.3 is 0 Å². The number of nitrogens with one attached hydrogen (secondary N) is 1. The molecule has 0 saturated carbocycles. The van der Waals surface area contributed by atoms with Crippen LogP contribution in [0.5, 0.6) is 11.5 Å². The third-order valence-corrected chi connectivity index (χ3v) is 3.14. The molecular formula is C16H15NO3. The van der Waals surface area contributed by atoms with Crippen molar-refractivity contribution in [3.8, 4) is 11.5 Å². The zero-order valence-electron chi connectivity index (χ0n) is 11.1. The summed E-state index contributed by atoms with van der Waals surface area (Å²) in [6.45, 7) is 2.49. The highest BCUT2D eigenvalue weighted by Gasteiger charge is 2.27. The van der Waals surface area contributed by atoms with Crippen LogP contribution in [0.1, 0.15) is 29.1 Å². The van der Waals surface area contributed by atoms with E-state index in [-0.39, 0.29) is 5.91 Å². The number of carbonyl (C=O) groups excluding carboxylic acids is 1. The average Bonchev–Trinajstić information content (AvgIpc) is 2.48. The third-order valence-electron chi connectivity index (χ3n) is 3.14. The van der Waals surface area contributed by atoms with Crippen LogP contribution in [-0.2, 0) is 0 Å². The maximum absolute atomic E-state index is 12.1. The molecule has 1 heterocycles. The first-order valence-electron chi connectivity index (χ1n) is 6.58. The van der Waals surface area contributed by atoms with E-state index in [0.717, 1.165) is 11.3 Å². The molecule has 0 aromatic heterocycles. The SMILES string of the molecule is CCOc1ccccc1[C@@H]1NC(=O)c2ccccc2O1. The van der Waals surface area contributed by atoms with Crippen molar-refractivity contribution in [2.75, 3.05) is 6.61 Å². The molecule has 4 nitrogen and oxygen atoms in total. The lowest BCUT2D eigenvalue weighted by Gasteiger charge is -2.28. The van der Waals surface area contributed by atoms with Crippen molar-refractivity contribution in [2.45, 2.75) is 13.2 Å². The summed E-state index contributed by atoms with van der Waals surface area (Å²) in [6.07, 6.45) is -0.528. The van der Waals surface area contributed by atoms with Crippen LogP contribution >= 0.6 is 0 Å². The molecule has 0 spiro atoms. The maximum Gasteiger partial charge on any atom is 0.258 e. The largest absolute Gasteiger partial charge is 0.493 e. The topological polar surface area (TPSA) is 47.6 Å². The van der Waals surface area contributed by atoms with Crippen molar-refractivity contribution in [3.05, 3.63) is 59.7 Å². The molecule has 1 atom stereocenters. The van der Waals surface area contributed by atoms with E-state index in [1.807, 2.05) is 43.3 Å². The molecule has 0 aliphatic carbocycles. The number of amides is 1. The number of para-hydroxylation sites is 2. The molecule has 1 N–H and O–H groups in total. The van der Waals surface area contributed by atoms with Crippen molar-refractivity contribution in [1.82, 2.24) is 5.32 Å². The number of benzene rings is 2. The lowest BCUT2D eigenvalue weighted by molar-refractivity contribution is 0.0750. The Balaban J connectivity index is 1.96. The number of hydrogen-bond acceptors (Lipinski definition) is 3. The Morgan fingerprint density at radius 3 is 2.75 bits per heavy atom. The van der Waals surface area contributed by atoms with Gasteiger partial charge < -0.3 is 14.8 Å². The standard InChI is InChI=1S/C16H15NO3/c1-2-19-13-9-5-4-8-12(13)16-17-15(18)11-7-3-6-10-14(11)20-16/h3-10,16H,2H2,1H3,(H,17,18)/t16-/m1/s1. The van der Waals surface area contributed by atoms with Crippen LogP contribution in [0.2, 0.25) is 0 Å². The number of fused-ring (bicyclic) bond motifs is 1. The number of hydrogen-bond donors (Lipinski definition) is 1. The van der Waals surface area contributed by atoms with Gasteiger partial charge in [0.15, 0.2) is 0 Å². The number of rotatable bonds is 3. The Morgan fingerprint density at radius 1 is 1.15 bits per heavy atom. The smallest absolute Gasteiger partial charge is 0.258 e. The van der Waals surface area contributed by atoms with E-state index in [9.17, 15) is 4.79 Å². The van der Waals surface area contributed by atoms with Gasteiger partial charge in [0.05, 0.1) is 17.7 Å². The molecular weight excluding hydrogens is 254 g/mol. The second-order valence-corrected chi connectivity index (χ2v) is 4.44. The summed E-state index contributed by atoms with van der Waals surface area (Å²) in [6, 6.07) is 14.8. The van der Waals surface area contributed by atoms with Gasteiger partial charge in [0, 0.05) is 0 Å². The number of ether oxygens (including phenoxy) is 2. The Labute approximate surface area is 117 Å². The van der Waals surface area contributed by atoms with E-state index in [1.54, 1.807) is 12.1 Å². The van der Waals surface area contributed by atoms with Crippen LogP contribution in [0, 0.1) is 0 Å². The second-order valence-electron chi connectivity index (χ2n) is 4.44. The molecule has 4 heteroatoms. The van der Waals surface area contributed by atoms with Gasteiger partial charge in [-0.05, 0) is 31.2 Å². The summed E-state index contributed by atoms with van der Waals surface area (Å²) in [5, 5.41) is 2.85. The fraction of sp³-hybridized carbons (Fsp3) is 0.188. The summed E-state index contributed by atoms with van der Waals surface area (Å²) in [4.78, 5) is 12.1. The van der Waals surface area contributed by atoms with Crippen LogP contribution in [0.25, 0.3) is 0 Å². The fourth-order valence-electron chi connectivity index (χ4n) is 2.24. The highest BCUT2D eigenvalue weighted by atomic mass is 16.5. The van der Waals surface area contributed by atoms with Gasteiger partial charge in [-0.1, -0.05) is 24.3 Å². The average molecular weight is 269 g/mol. The molecule has 1 amide bonds. The van der Waals surface area contributed by atoms with E-state index >= 15 is 0 Å². The monoisotopic (exact) mass is 269 g/mol. The lowest BCUT2D eigenvalue weighted by Crippen LogP contribution is -2.36. The fourth-order valence-corrected chi connectivity index (χ4v) is 2.24. The van der Waals surface area contributed by atoms with Crippen molar-refractivity contribution in [2.24, 2.45) is 0 Å². The van der Waals surface area contributed by atoms with Crippen molar-refractivity contribution in [3.63, 3.8) is 0 Å². The van der Waals surface area contributed by atoms with Gasteiger partial charge in [-0.15, -0.1) is 0 Å². The van der Waals surface area contributed by atoms with Gasteiger partial charge in [-0.25, -0.2) is 0 Å². The van der Waals surface area contributed by atoms with Gasteiger partial charge in [-0.2, -0.15) is 0 Å². The first-order valence-corrected chi connectivity index (χ1v) is 6.58. The Hall–Kier alpha value is -2.49. The summed E-state index contributed by atoms with van der Waals surface area (Å²) in [5.74, 6) is 1.18. The molecule has 1 aliphatic rings. The zero-order chi connectivity index (χ0) is 13.9. The molecule has 0 radical (unpaired) electrons. The van der Waals surface area contributed by atoms with E-state index in [2.05, 4.69) is 5.32 Å². The van der Waals surface area contributed by atoms with E-state index in [0.29, 0.717) is 17.9 Å². The van der Waals surface area contributed by atoms with E-state index < -0.39 is 6.23 Å². The second kappa shape index (κ2) is 5.25. The first kappa shape index (κ1) is 12.5. The van der Waals surface area contributed by atoms with Gasteiger partial charge in [0.2, 0.25) is 6.23 Å². The quantitative estimate of drug-likeness (QED) is 0.932. The van der Waals surface area contributed by atoms with Crippen LogP contribution in [0.4, 0.5) is 0 Å². The van der Waals surface area contributed by atoms with Gasteiger partial charge in [0.1, 0.15) is 11.5 Å². The maximum atomic E-state index is 12.1. The third kappa shape index (κ3) is 2.20. The zero-order valence-corrected chi connectivity index (χ0v) is 11.1. The van der Waals surface area contributed by atoms with Crippen molar-refractivity contribution in [1.29, 1.82) is 0 Å². The van der Waals surface area contributed by atoms with Gasteiger partial charge in [0.25, 0.3) is 5.91 Å². The van der Waals surface area contributed by atoms with Crippen LogP contribution < -0.4 is 14.8 Å². The molecule has 3 rings (SSSR count). The van der Waals surface area contributed by atoms with Crippen LogP contribution in [-0.4, -0.2) is 12.5 Å². The van der Waals surface area contributed by atoms with Crippen molar-refractivity contribution < 1.29 is 14.3 Å². The van der Waals surface area contributed by atoms with E-state index in [1.165, 1.54) is 0 Å². The minimum absolute atomic E-state index is 0.136.